The van der Waals surface area contributed by atoms with Gasteiger partial charge in [0.2, 0.25) is 0 Å². The van der Waals surface area contributed by atoms with Gasteiger partial charge in [0.15, 0.2) is 0 Å². The Labute approximate surface area is 131 Å². The summed E-state index contributed by atoms with van der Waals surface area (Å²) in [6, 6.07) is 3.76. The van der Waals surface area contributed by atoms with Crippen LogP contribution < -0.4 is 10.2 Å². The number of piperidine rings is 1. The van der Waals surface area contributed by atoms with E-state index in [-0.39, 0.29) is 5.69 Å². The highest BCUT2D eigenvalue weighted by atomic mass is 19.4. The molecule has 23 heavy (non-hydrogen) atoms. The number of nitrogens with zero attached hydrogens (tertiary/aromatic N) is 2. The number of nitro benzene ring substituents is 1. The van der Waals surface area contributed by atoms with E-state index in [1.165, 1.54) is 18.9 Å². The van der Waals surface area contributed by atoms with Crippen molar-refractivity contribution in [3.8, 4) is 0 Å². The lowest BCUT2D eigenvalue weighted by atomic mass is 10.0. The second kappa shape index (κ2) is 5.99. The SMILES string of the molecule is O=[N+]([O-])c1cc(C(F)(F)F)ccc1N1CCC(NC2CC2)CC1. The van der Waals surface area contributed by atoms with Gasteiger partial charge in [-0.3, -0.25) is 10.1 Å². The third-order valence-corrected chi connectivity index (χ3v) is 4.38. The van der Waals surface area contributed by atoms with Crippen LogP contribution in [-0.4, -0.2) is 30.1 Å². The zero-order chi connectivity index (χ0) is 16.6. The number of hydrogen-bond donors (Lipinski definition) is 1. The predicted octanol–water partition coefficient (Wildman–Crippen LogP) is 3.33. The minimum Gasteiger partial charge on any atom is -0.366 e. The number of halogens is 3. The average Bonchev–Trinajstić information content (AvgIpc) is 3.30. The molecular weight excluding hydrogens is 311 g/mol. The molecule has 1 aromatic rings. The standard InChI is InChI=1S/C15H18F3N3O2/c16-15(17,18)10-1-4-13(14(9-10)21(22)23)20-7-5-12(6-8-20)19-11-2-3-11/h1,4,9,11-12,19H,2-3,5-8H2. The predicted molar refractivity (Wildman–Crippen MR) is 79.5 cm³/mol. The van der Waals surface area contributed by atoms with Crippen LogP contribution in [0.25, 0.3) is 0 Å². The lowest BCUT2D eigenvalue weighted by Crippen LogP contribution is -2.43. The molecule has 1 saturated heterocycles. The second-order valence-corrected chi connectivity index (χ2v) is 6.16. The van der Waals surface area contributed by atoms with Gasteiger partial charge in [-0.2, -0.15) is 13.2 Å². The van der Waals surface area contributed by atoms with Crippen molar-refractivity contribution < 1.29 is 18.1 Å². The third kappa shape index (κ3) is 3.74. The van der Waals surface area contributed by atoms with Crippen LogP contribution in [0.15, 0.2) is 18.2 Å². The van der Waals surface area contributed by atoms with E-state index < -0.39 is 22.4 Å². The van der Waals surface area contributed by atoms with E-state index in [4.69, 9.17) is 0 Å². The molecule has 2 aliphatic rings. The number of benzene rings is 1. The smallest absolute Gasteiger partial charge is 0.366 e. The molecular formula is C15H18F3N3O2. The zero-order valence-electron chi connectivity index (χ0n) is 12.5. The maximum absolute atomic E-state index is 12.7. The lowest BCUT2D eigenvalue weighted by Gasteiger charge is -2.34. The van der Waals surface area contributed by atoms with Crippen LogP contribution in [0.5, 0.6) is 0 Å². The van der Waals surface area contributed by atoms with E-state index in [1.54, 1.807) is 0 Å². The van der Waals surface area contributed by atoms with Gasteiger partial charge in [-0.25, -0.2) is 0 Å². The molecule has 126 valence electrons. The summed E-state index contributed by atoms with van der Waals surface area (Å²) in [4.78, 5) is 12.2. The molecule has 2 fully saturated rings. The molecule has 0 unspecified atom stereocenters. The van der Waals surface area contributed by atoms with Crippen molar-refractivity contribution in [1.29, 1.82) is 0 Å². The van der Waals surface area contributed by atoms with Crippen LogP contribution >= 0.6 is 0 Å². The first kappa shape index (κ1) is 16.0. The number of nitro groups is 1. The molecule has 1 heterocycles. The average molecular weight is 329 g/mol. The Hall–Kier alpha value is -1.83. The van der Waals surface area contributed by atoms with E-state index >= 15 is 0 Å². The molecule has 1 aliphatic carbocycles. The van der Waals surface area contributed by atoms with Crippen LogP contribution in [-0.2, 0) is 6.18 Å². The van der Waals surface area contributed by atoms with Crippen molar-refractivity contribution in [3.63, 3.8) is 0 Å². The molecule has 0 aromatic heterocycles. The Kier molecular flexibility index (Phi) is 4.18. The van der Waals surface area contributed by atoms with Crippen molar-refractivity contribution in [2.24, 2.45) is 0 Å². The number of anilines is 1. The zero-order valence-corrected chi connectivity index (χ0v) is 12.5. The van der Waals surface area contributed by atoms with Gasteiger partial charge in [0.05, 0.1) is 10.5 Å². The van der Waals surface area contributed by atoms with Gasteiger partial charge in [0.25, 0.3) is 5.69 Å². The Morgan fingerprint density at radius 1 is 1.13 bits per heavy atom. The Bertz CT molecular complexity index is 594. The quantitative estimate of drug-likeness (QED) is 0.680. The summed E-state index contributed by atoms with van der Waals surface area (Å²) in [7, 11) is 0. The fourth-order valence-corrected chi connectivity index (χ4v) is 2.98. The summed E-state index contributed by atoms with van der Waals surface area (Å²) < 4.78 is 38.2. The van der Waals surface area contributed by atoms with Crippen molar-refractivity contribution >= 4 is 11.4 Å². The Morgan fingerprint density at radius 2 is 1.74 bits per heavy atom. The molecule has 1 N–H and O–H groups in total. The first-order valence-electron chi connectivity index (χ1n) is 7.71. The van der Waals surface area contributed by atoms with Crippen LogP contribution in [0.2, 0.25) is 0 Å². The minimum absolute atomic E-state index is 0.271. The minimum atomic E-state index is -4.58. The molecule has 1 aromatic carbocycles. The van der Waals surface area contributed by atoms with Gasteiger partial charge in [-0.1, -0.05) is 0 Å². The summed E-state index contributed by atoms with van der Waals surface area (Å²) in [5.41, 5.74) is -1.19. The third-order valence-electron chi connectivity index (χ3n) is 4.38. The number of hydrogen-bond acceptors (Lipinski definition) is 4. The molecule has 0 bridgehead atoms. The highest BCUT2D eigenvalue weighted by Crippen LogP contribution is 2.37. The summed E-state index contributed by atoms with van der Waals surface area (Å²) >= 11 is 0. The van der Waals surface area contributed by atoms with Gasteiger partial charge in [0.1, 0.15) is 5.69 Å². The maximum atomic E-state index is 12.7. The summed E-state index contributed by atoms with van der Waals surface area (Å²) in [6.07, 6.45) is -0.497. The monoisotopic (exact) mass is 329 g/mol. The highest BCUT2D eigenvalue weighted by Gasteiger charge is 2.34. The maximum Gasteiger partial charge on any atom is 0.416 e. The molecule has 5 nitrogen and oxygen atoms in total. The van der Waals surface area contributed by atoms with Crippen molar-refractivity contribution in [1.82, 2.24) is 5.32 Å². The first-order chi connectivity index (χ1) is 10.8. The summed E-state index contributed by atoms with van der Waals surface area (Å²) in [5, 5.41) is 14.7. The van der Waals surface area contributed by atoms with Gasteiger partial charge in [-0.15, -0.1) is 0 Å². The van der Waals surface area contributed by atoms with Crippen LogP contribution in [0.4, 0.5) is 24.5 Å². The highest BCUT2D eigenvalue weighted by molar-refractivity contribution is 5.65. The van der Waals surface area contributed by atoms with Gasteiger partial charge >= 0.3 is 6.18 Å². The second-order valence-electron chi connectivity index (χ2n) is 6.16. The first-order valence-corrected chi connectivity index (χ1v) is 7.71. The Balaban J connectivity index is 1.75. The summed E-state index contributed by atoms with van der Waals surface area (Å²) in [6.45, 7) is 1.22. The van der Waals surface area contributed by atoms with Crippen LogP contribution in [0.3, 0.4) is 0 Å². The van der Waals surface area contributed by atoms with Crippen LogP contribution in [0.1, 0.15) is 31.2 Å². The van der Waals surface area contributed by atoms with Crippen molar-refractivity contribution in [2.45, 2.75) is 43.9 Å². The number of rotatable bonds is 4. The Morgan fingerprint density at radius 3 is 2.26 bits per heavy atom. The van der Waals surface area contributed by atoms with E-state index in [1.807, 2.05) is 4.90 Å². The topological polar surface area (TPSA) is 58.4 Å². The fraction of sp³-hybridized carbons (Fsp3) is 0.600. The molecule has 3 rings (SSSR count). The van der Waals surface area contributed by atoms with E-state index in [9.17, 15) is 23.3 Å². The van der Waals surface area contributed by atoms with Crippen molar-refractivity contribution in [3.05, 3.63) is 33.9 Å². The molecule has 1 saturated carbocycles. The molecule has 0 radical (unpaired) electrons. The number of nitrogens with one attached hydrogen (secondary N) is 1. The van der Waals surface area contributed by atoms with E-state index in [0.717, 1.165) is 18.9 Å². The van der Waals surface area contributed by atoms with E-state index in [2.05, 4.69) is 5.32 Å². The molecule has 0 spiro atoms. The largest absolute Gasteiger partial charge is 0.416 e. The summed E-state index contributed by atoms with van der Waals surface area (Å²) in [5.74, 6) is 0. The molecule has 0 atom stereocenters. The molecule has 8 heteroatoms. The van der Waals surface area contributed by atoms with Crippen LogP contribution in [0, 0.1) is 10.1 Å². The lowest BCUT2D eigenvalue weighted by molar-refractivity contribution is -0.384. The van der Waals surface area contributed by atoms with Gasteiger partial charge < -0.3 is 10.2 Å². The van der Waals surface area contributed by atoms with Gasteiger partial charge in [0, 0.05) is 31.2 Å². The van der Waals surface area contributed by atoms with Crippen molar-refractivity contribution in [2.75, 3.05) is 18.0 Å². The molecule has 1 aliphatic heterocycles. The molecule has 0 amide bonds. The number of alkyl halides is 3. The normalized spacial score (nSPS) is 19.9. The van der Waals surface area contributed by atoms with Gasteiger partial charge in [-0.05, 0) is 37.8 Å². The fourth-order valence-electron chi connectivity index (χ4n) is 2.98. The van der Waals surface area contributed by atoms with E-state index in [0.29, 0.717) is 31.2 Å².